The minimum absolute atomic E-state index is 0.187. The highest BCUT2D eigenvalue weighted by Crippen LogP contribution is 2.22. The lowest BCUT2D eigenvalue weighted by atomic mass is 10.2. The van der Waals surface area contributed by atoms with Crippen molar-refractivity contribution >= 4 is 22.9 Å². The van der Waals surface area contributed by atoms with Gasteiger partial charge in [-0.25, -0.2) is 4.98 Å². The Kier molecular flexibility index (Phi) is 5.20. The van der Waals surface area contributed by atoms with Crippen LogP contribution in [0.4, 0.5) is 5.69 Å². The maximum Gasteiger partial charge on any atom is 0.267 e. The summed E-state index contributed by atoms with van der Waals surface area (Å²) in [5.74, 6) is -0.187. The second-order valence-electron chi connectivity index (χ2n) is 5.56. The number of amides is 1. The number of nitrogens with one attached hydrogen (secondary N) is 1. The summed E-state index contributed by atoms with van der Waals surface area (Å²) in [6.07, 6.45) is 0. The summed E-state index contributed by atoms with van der Waals surface area (Å²) in [4.78, 5) is 19.9. The van der Waals surface area contributed by atoms with Crippen LogP contribution >= 0.6 is 11.3 Å². The highest BCUT2D eigenvalue weighted by molar-refractivity contribution is 7.13. The van der Waals surface area contributed by atoms with Gasteiger partial charge in [0.2, 0.25) is 0 Å². The van der Waals surface area contributed by atoms with Gasteiger partial charge in [-0.1, -0.05) is 6.07 Å². The number of carbonyl (C=O) groups is 1. The molecule has 0 atom stereocenters. The number of ether oxygens (including phenoxy) is 1. The molecule has 1 aliphatic rings. The molecule has 0 bridgehead atoms. The Morgan fingerprint density at radius 2 is 2.25 bits per heavy atom. The molecule has 1 amide bonds. The largest absolute Gasteiger partial charge is 0.379 e. The smallest absolute Gasteiger partial charge is 0.267 e. The van der Waals surface area contributed by atoms with E-state index in [9.17, 15) is 4.79 Å². The second-order valence-corrected chi connectivity index (χ2v) is 6.64. The second kappa shape index (κ2) is 7.53. The highest BCUT2D eigenvalue weighted by atomic mass is 32.1. The van der Waals surface area contributed by atoms with Crippen LogP contribution in [0.15, 0.2) is 24.3 Å². The molecular formula is C17H18N4O2S. The van der Waals surface area contributed by atoms with E-state index in [4.69, 9.17) is 10.00 Å². The third-order valence-corrected chi connectivity index (χ3v) is 4.90. The number of rotatable bonds is 4. The summed E-state index contributed by atoms with van der Waals surface area (Å²) in [6.45, 7) is 5.86. The fourth-order valence-corrected chi connectivity index (χ4v) is 3.54. The summed E-state index contributed by atoms with van der Waals surface area (Å²) < 4.78 is 5.34. The Balaban J connectivity index is 1.69. The molecule has 0 aliphatic carbocycles. The van der Waals surface area contributed by atoms with Crippen LogP contribution in [0.3, 0.4) is 0 Å². The number of thiazole rings is 1. The molecule has 1 aromatic heterocycles. The Labute approximate surface area is 144 Å². The van der Waals surface area contributed by atoms with Crippen LogP contribution < -0.4 is 5.32 Å². The number of nitriles is 1. The zero-order valence-corrected chi connectivity index (χ0v) is 14.2. The lowest BCUT2D eigenvalue weighted by Gasteiger charge is -2.25. The van der Waals surface area contributed by atoms with Gasteiger partial charge < -0.3 is 10.1 Å². The fraction of sp³-hybridized carbons (Fsp3) is 0.353. The number of hydrogen-bond acceptors (Lipinski definition) is 6. The third-order valence-electron chi connectivity index (χ3n) is 3.76. The molecule has 1 aliphatic heterocycles. The normalized spacial score (nSPS) is 15.0. The number of morpholine rings is 1. The topological polar surface area (TPSA) is 78.2 Å². The Morgan fingerprint density at radius 3 is 3.00 bits per heavy atom. The van der Waals surface area contributed by atoms with E-state index in [1.165, 1.54) is 11.3 Å². The molecule has 7 heteroatoms. The van der Waals surface area contributed by atoms with E-state index >= 15 is 0 Å². The van der Waals surface area contributed by atoms with E-state index in [1.807, 2.05) is 6.92 Å². The first kappa shape index (κ1) is 16.6. The van der Waals surface area contributed by atoms with E-state index < -0.39 is 0 Å². The van der Waals surface area contributed by atoms with Crippen molar-refractivity contribution in [2.75, 3.05) is 31.6 Å². The Bertz CT molecular complexity index is 775. The van der Waals surface area contributed by atoms with E-state index in [-0.39, 0.29) is 5.91 Å². The van der Waals surface area contributed by atoms with Gasteiger partial charge in [0.1, 0.15) is 9.88 Å². The maximum atomic E-state index is 12.5. The van der Waals surface area contributed by atoms with Crippen LogP contribution in [0.25, 0.3) is 0 Å². The summed E-state index contributed by atoms with van der Waals surface area (Å²) in [5, 5.41) is 12.7. The monoisotopic (exact) mass is 342 g/mol. The number of nitrogens with zero attached hydrogens (tertiary/aromatic N) is 3. The molecule has 124 valence electrons. The fourth-order valence-electron chi connectivity index (χ4n) is 2.54. The lowest BCUT2D eigenvalue weighted by molar-refractivity contribution is 0.0341. The zero-order chi connectivity index (χ0) is 16.9. The molecule has 2 aromatic rings. The molecule has 2 heterocycles. The summed E-state index contributed by atoms with van der Waals surface area (Å²) in [6, 6.07) is 8.94. The molecule has 1 N–H and O–H groups in total. The Morgan fingerprint density at radius 1 is 1.46 bits per heavy atom. The number of benzene rings is 1. The molecule has 3 rings (SSSR count). The van der Waals surface area contributed by atoms with Crippen LogP contribution in [0.5, 0.6) is 0 Å². The zero-order valence-electron chi connectivity index (χ0n) is 13.4. The van der Waals surface area contributed by atoms with Gasteiger partial charge >= 0.3 is 0 Å². The van der Waals surface area contributed by atoms with Gasteiger partial charge in [-0.3, -0.25) is 9.69 Å². The number of aromatic nitrogens is 1. The van der Waals surface area contributed by atoms with Gasteiger partial charge in [-0.2, -0.15) is 5.26 Å². The lowest BCUT2D eigenvalue weighted by Crippen LogP contribution is -2.35. The maximum absolute atomic E-state index is 12.5. The SMILES string of the molecule is Cc1nc(CN2CCOCC2)sc1C(=O)Nc1cccc(C#N)c1. The Hall–Kier alpha value is -2.27. The van der Waals surface area contributed by atoms with Crippen LogP contribution in [-0.4, -0.2) is 42.1 Å². The van der Waals surface area contributed by atoms with Crippen molar-refractivity contribution in [2.24, 2.45) is 0 Å². The van der Waals surface area contributed by atoms with Crippen molar-refractivity contribution in [1.29, 1.82) is 5.26 Å². The van der Waals surface area contributed by atoms with E-state index in [2.05, 4.69) is 21.3 Å². The average molecular weight is 342 g/mol. The van der Waals surface area contributed by atoms with E-state index in [0.29, 0.717) is 16.1 Å². The van der Waals surface area contributed by atoms with Crippen molar-refractivity contribution in [2.45, 2.75) is 13.5 Å². The van der Waals surface area contributed by atoms with Gasteiger partial charge in [0.25, 0.3) is 5.91 Å². The number of aryl methyl sites for hydroxylation is 1. The summed E-state index contributed by atoms with van der Waals surface area (Å²) in [5.41, 5.74) is 1.86. The first-order valence-electron chi connectivity index (χ1n) is 7.73. The van der Waals surface area contributed by atoms with Crippen LogP contribution in [0.2, 0.25) is 0 Å². The quantitative estimate of drug-likeness (QED) is 0.923. The standard InChI is InChI=1S/C17H18N4O2S/c1-12-16(17(22)20-14-4-2-3-13(9-14)10-18)24-15(19-12)11-21-5-7-23-8-6-21/h2-4,9H,5-8,11H2,1H3,(H,20,22). The summed E-state index contributed by atoms with van der Waals surface area (Å²) in [7, 11) is 0. The predicted octanol–water partition coefficient (Wildman–Crippen LogP) is 2.41. The molecule has 1 saturated heterocycles. The van der Waals surface area contributed by atoms with E-state index in [0.717, 1.165) is 43.5 Å². The molecule has 0 spiro atoms. The molecule has 1 aromatic carbocycles. The summed E-state index contributed by atoms with van der Waals surface area (Å²) >= 11 is 1.42. The molecule has 6 nitrogen and oxygen atoms in total. The minimum Gasteiger partial charge on any atom is -0.379 e. The van der Waals surface area contributed by atoms with Crippen molar-refractivity contribution in [3.05, 3.63) is 45.4 Å². The first-order valence-corrected chi connectivity index (χ1v) is 8.55. The van der Waals surface area contributed by atoms with Crippen molar-refractivity contribution < 1.29 is 9.53 Å². The molecule has 24 heavy (non-hydrogen) atoms. The van der Waals surface area contributed by atoms with Gasteiger partial charge in [-0.05, 0) is 25.1 Å². The van der Waals surface area contributed by atoms with Crippen molar-refractivity contribution in [3.8, 4) is 6.07 Å². The van der Waals surface area contributed by atoms with Crippen LogP contribution in [0, 0.1) is 18.3 Å². The molecule has 0 unspecified atom stereocenters. The molecule has 0 saturated carbocycles. The van der Waals surface area contributed by atoms with Gasteiger partial charge in [0.05, 0.1) is 37.1 Å². The predicted molar refractivity (Wildman–Crippen MR) is 92.1 cm³/mol. The number of carbonyl (C=O) groups excluding carboxylic acids is 1. The number of hydrogen-bond donors (Lipinski definition) is 1. The highest BCUT2D eigenvalue weighted by Gasteiger charge is 2.18. The molecule has 1 fully saturated rings. The van der Waals surface area contributed by atoms with Crippen LogP contribution in [0.1, 0.15) is 25.9 Å². The minimum atomic E-state index is -0.187. The molecular weight excluding hydrogens is 324 g/mol. The van der Waals surface area contributed by atoms with Crippen molar-refractivity contribution in [1.82, 2.24) is 9.88 Å². The number of anilines is 1. The average Bonchev–Trinajstić information content (AvgIpc) is 2.96. The van der Waals surface area contributed by atoms with Gasteiger partial charge in [-0.15, -0.1) is 11.3 Å². The molecule has 0 radical (unpaired) electrons. The third kappa shape index (κ3) is 3.97. The van der Waals surface area contributed by atoms with Crippen molar-refractivity contribution in [3.63, 3.8) is 0 Å². The van der Waals surface area contributed by atoms with E-state index in [1.54, 1.807) is 24.3 Å². The van der Waals surface area contributed by atoms with Gasteiger partial charge in [0, 0.05) is 18.8 Å². The van der Waals surface area contributed by atoms with Gasteiger partial charge in [0.15, 0.2) is 0 Å². The van der Waals surface area contributed by atoms with Crippen LogP contribution in [-0.2, 0) is 11.3 Å². The first-order chi connectivity index (χ1) is 11.7.